The van der Waals surface area contributed by atoms with Gasteiger partial charge in [0.15, 0.2) is 6.10 Å². The number of amides is 1. The highest BCUT2D eigenvalue weighted by Gasteiger charge is 2.18. The monoisotopic (exact) mass is 391 g/mol. The average Bonchev–Trinajstić information content (AvgIpc) is 2.62. The van der Waals surface area contributed by atoms with E-state index in [0.29, 0.717) is 13.0 Å². The van der Waals surface area contributed by atoms with Crippen molar-refractivity contribution in [3.8, 4) is 5.75 Å². The number of aryl methyl sites for hydroxylation is 1. The first kappa shape index (κ1) is 20.7. The Balaban J connectivity index is 1.75. The maximum absolute atomic E-state index is 12.4. The van der Waals surface area contributed by atoms with E-state index >= 15 is 0 Å². The molecule has 0 aliphatic carbocycles. The molecule has 5 heteroatoms. The van der Waals surface area contributed by atoms with Crippen molar-refractivity contribution in [3.63, 3.8) is 0 Å². The summed E-state index contributed by atoms with van der Waals surface area (Å²) < 4.78 is 5.94. The third kappa shape index (κ3) is 6.26. The standard InChI is InChI=1S/C21H26ClNO2S/c1-4-19(25-20-10-5-7-15(2)16(20)3)21(24)23-11-12-26-14-17-8-6-9-18(22)13-17/h5-10,13,19H,4,11-12,14H2,1-3H3,(H,23,24)/t19-/m0/s1. The number of halogens is 1. The van der Waals surface area contributed by atoms with Crippen LogP contribution in [0, 0.1) is 13.8 Å². The van der Waals surface area contributed by atoms with Crippen molar-refractivity contribution in [1.29, 1.82) is 0 Å². The minimum atomic E-state index is -0.464. The highest BCUT2D eigenvalue weighted by atomic mass is 35.5. The van der Waals surface area contributed by atoms with Gasteiger partial charge < -0.3 is 10.1 Å². The summed E-state index contributed by atoms with van der Waals surface area (Å²) in [6.45, 7) is 6.64. The van der Waals surface area contributed by atoms with Gasteiger partial charge in [-0.3, -0.25) is 4.79 Å². The third-order valence-electron chi connectivity index (χ3n) is 4.19. The molecule has 0 unspecified atom stereocenters. The second-order valence-electron chi connectivity index (χ2n) is 6.19. The van der Waals surface area contributed by atoms with Gasteiger partial charge in [-0.1, -0.05) is 42.8 Å². The normalized spacial score (nSPS) is 11.8. The number of thioether (sulfide) groups is 1. The number of hydrogen-bond acceptors (Lipinski definition) is 3. The number of ether oxygens (including phenoxy) is 1. The molecule has 0 fully saturated rings. The Bertz CT molecular complexity index is 736. The summed E-state index contributed by atoms with van der Waals surface area (Å²) in [4.78, 5) is 12.4. The minimum Gasteiger partial charge on any atom is -0.480 e. The van der Waals surface area contributed by atoms with Crippen molar-refractivity contribution >= 4 is 29.3 Å². The zero-order valence-electron chi connectivity index (χ0n) is 15.5. The van der Waals surface area contributed by atoms with Gasteiger partial charge >= 0.3 is 0 Å². The molecule has 0 spiro atoms. The van der Waals surface area contributed by atoms with E-state index < -0.39 is 6.10 Å². The van der Waals surface area contributed by atoms with E-state index in [9.17, 15) is 4.79 Å². The fraction of sp³-hybridized carbons (Fsp3) is 0.381. The van der Waals surface area contributed by atoms with Crippen LogP contribution in [-0.2, 0) is 10.5 Å². The lowest BCUT2D eigenvalue weighted by Crippen LogP contribution is -2.39. The molecule has 140 valence electrons. The summed E-state index contributed by atoms with van der Waals surface area (Å²) in [5.41, 5.74) is 3.43. The summed E-state index contributed by atoms with van der Waals surface area (Å²) in [6.07, 6.45) is 0.169. The van der Waals surface area contributed by atoms with Gasteiger partial charge in [0.1, 0.15) is 5.75 Å². The summed E-state index contributed by atoms with van der Waals surface area (Å²) in [5, 5.41) is 3.73. The fourth-order valence-corrected chi connectivity index (χ4v) is 3.52. The summed E-state index contributed by atoms with van der Waals surface area (Å²) in [5.74, 6) is 2.45. The molecule has 2 aromatic rings. The van der Waals surface area contributed by atoms with E-state index in [2.05, 4.69) is 11.4 Å². The Morgan fingerprint density at radius 2 is 2.00 bits per heavy atom. The second kappa shape index (κ2) is 10.5. The highest BCUT2D eigenvalue weighted by Crippen LogP contribution is 2.22. The molecule has 26 heavy (non-hydrogen) atoms. The Kier molecular flexibility index (Phi) is 8.33. The van der Waals surface area contributed by atoms with Crippen LogP contribution in [0.5, 0.6) is 5.75 Å². The molecule has 0 saturated carbocycles. The lowest BCUT2D eigenvalue weighted by Gasteiger charge is -2.19. The first-order chi connectivity index (χ1) is 12.5. The van der Waals surface area contributed by atoms with Gasteiger partial charge in [-0.2, -0.15) is 11.8 Å². The second-order valence-corrected chi connectivity index (χ2v) is 7.73. The van der Waals surface area contributed by atoms with Crippen LogP contribution >= 0.6 is 23.4 Å². The molecule has 3 nitrogen and oxygen atoms in total. The van der Waals surface area contributed by atoms with Gasteiger partial charge in [-0.15, -0.1) is 0 Å². The van der Waals surface area contributed by atoms with Crippen LogP contribution in [0.3, 0.4) is 0 Å². The Morgan fingerprint density at radius 3 is 2.73 bits per heavy atom. The Morgan fingerprint density at radius 1 is 1.23 bits per heavy atom. The molecule has 2 aromatic carbocycles. The maximum Gasteiger partial charge on any atom is 0.261 e. The van der Waals surface area contributed by atoms with E-state index in [1.165, 1.54) is 5.56 Å². The number of carbonyl (C=O) groups excluding carboxylic acids is 1. The van der Waals surface area contributed by atoms with E-state index in [4.69, 9.17) is 16.3 Å². The lowest BCUT2D eigenvalue weighted by atomic mass is 10.1. The molecule has 1 atom stereocenters. The van der Waals surface area contributed by atoms with Crippen LogP contribution in [0.1, 0.15) is 30.0 Å². The molecule has 0 heterocycles. The number of hydrogen-bond donors (Lipinski definition) is 1. The van der Waals surface area contributed by atoms with E-state index in [-0.39, 0.29) is 5.91 Å². The van der Waals surface area contributed by atoms with Crippen LogP contribution in [-0.4, -0.2) is 24.3 Å². The van der Waals surface area contributed by atoms with Crippen LogP contribution in [0.25, 0.3) is 0 Å². The van der Waals surface area contributed by atoms with Gasteiger partial charge in [-0.05, 0) is 55.2 Å². The zero-order valence-corrected chi connectivity index (χ0v) is 17.1. The molecule has 0 saturated heterocycles. The lowest BCUT2D eigenvalue weighted by molar-refractivity contribution is -0.128. The van der Waals surface area contributed by atoms with Crippen molar-refractivity contribution in [3.05, 3.63) is 64.2 Å². The van der Waals surface area contributed by atoms with Gasteiger partial charge in [-0.25, -0.2) is 0 Å². The average molecular weight is 392 g/mol. The van der Waals surface area contributed by atoms with Crippen LogP contribution in [0.15, 0.2) is 42.5 Å². The molecular weight excluding hydrogens is 366 g/mol. The fourth-order valence-electron chi connectivity index (χ4n) is 2.50. The van der Waals surface area contributed by atoms with E-state index in [1.807, 2.05) is 57.2 Å². The van der Waals surface area contributed by atoms with Crippen molar-refractivity contribution < 1.29 is 9.53 Å². The zero-order chi connectivity index (χ0) is 18.9. The van der Waals surface area contributed by atoms with Crippen LogP contribution in [0.2, 0.25) is 5.02 Å². The molecule has 1 N–H and O–H groups in total. The molecule has 0 aliphatic heterocycles. The number of nitrogens with one attached hydrogen (secondary N) is 1. The largest absolute Gasteiger partial charge is 0.480 e. The molecule has 0 aromatic heterocycles. The molecule has 0 aliphatic rings. The molecule has 1 amide bonds. The van der Waals surface area contributed by atoms with Crippen molar-refractivity contribution in [2.24, 2.45) is 0 Å². The van der Waals surface area contributed by atoms with Crippen molar-refractivity contribution in [2.75, 3.05) is 12.3 Å². The van der Waals surface area contributed by atoms with Crippen LogP contribution < -0.4 is 10.1 Å². The molecular formula is C21H26ClNO2S. The van der Waals surface area contributed by atoms with Gasteiger partial charge in [0.25, 0.3) is 5.91 Å². The van der Waals surface area contributed by atoms with E-state index in [1.54, 1.807) is 11.8 Å². The quantitative estimate of drug-likeness (QED) is 0.599. The number of carbonyl (C=O) groups is 1. The number of benzene rings is 2. The Hall–Kier alpha value is -1.65. The van der Waals surface area contributed by atoms with Gasteiger partial charge in [0, 0.05) is 23.1 Å². The number of rotatable bonds is 9. The van der Waals surface area contributed by atoms with E-state index in [0.717, 1.165) is 33.4 Å². The first-order valence-electron chi connectivity index (χ1n) is 8.84. The summed E-state index contributed by atoms with van der Waals surface area (Å²) >= 11 is 7.76. The predicted octanol–water partition coefficient (Wildman–Crippen LogP) is 5.16. The minimum absolute atomic E-state index is 0.0586. The molecule has 2 rings (SSSR count). The maximum atomic E-state index is 12.4. The topological polar surface area (TPSA) is 38.3 Å². The van der Waals surface area contributed by atoms with Crippen molar-refractivity contribution in [1.82, 2.24) is 5.32 Å². The van der Waals surface area contributed by atoms with Crippen molar-refractivity contribution in [2.45, 2.75) is 39.0 Å². The Labute approximate surface area is 165 Å². The third-order valence-corrected chi connectivity index (χ3v) is 5.46. The summed E-state index contributed by atoms with van der Waals surface area (Å²) in [7, 11) is 0. The SMILES string of the molecule is CC[C@H](Oc1cccc(C)c1C)C(=O)NCCSCc1cccc(Cl)c1. The smallest absolute Gasteiger partial charge is 0.261 e. The van der Waals surface area contributed by atoms with Gasteiger partial charge in [0.2, 0.25) is 0 Å². The van der Waals surface area contributed by atoms with Crippen LogP contribution in [0.4, 0.5) is 0 Å². The first-order valence-corrected chi connectivity index (χ1v) is 10.4. The predicted molar refractivity (Wildman–Crippen MR) is 111 cm³/mol. The summed E-state index contributed by atoms with van der Waals surface area (Å²) in [6, 6.07) is 13.8. The molecule has 0 radical (unpaired) electrons. The van der Waals surface area contributed by atoms with Gasteiger partial charge in [0.05, 0.1) is 0 Å². The molecule has 0 bridgehead atoms. The highest BCUT2D eigenvalue weighted by molar-refractivity contribution is 7.98.